The molecule has 0 aromatic heterocycles. The molecule has 0 atom stereocenters. The van der Waals surface area contributed by atoms with Crippen LogP contribution in [0.2, 0.25) is 0 Å². The maximum atomic E-state index is 13.1. The van der Waals surface area contributed by atoms with Gasteiger partial charge in [-0.25, -0.2) is 8.78 Å². The van der Waals surface area contributed by atoms with Gasteiger partial charge in [0.15, 0.2) is 23.2 Å². The Hall–Kier alpha value is -2.04. The average Bonchev–Trinajstić information content (AvgIpc) is 2.51. The number of rotatable bonds is 1. The van der Waals surface area contributed by atoms with Gasteiger partial charge >= 0.3 is 0 Å². The number of allylic oxidation sites excluding steroid dienone is 1. The SMILES string of the molecule is CC(C)(C)C(=O)C1=C([O-])c2cc(F)c(F)cc2C1=O. The van der Waals surface area contributed by atoms with E-state index in [0.29, 0.717) is 12.1 Å². The van der Waals surface area contributed by atoms with Crippen LogP contribution in [0.1, 0.15) is 36.7 Å². The topological polar surface area (TPSA) is 57.2 Å². The fourth-order valence-electron chi connectivity index (χ4n) is 1.88. The van der Waals surface area contributed by atoms with E-state index in [4.69, 9.17) is 0 Å². The third-order valence-corrected chi connectivity index (χ3v) is 2.91. The first-order valence-corrected chi connectivity index (χ1v) is 5.65. The Morgan fingerprint density at radius 1 is 1.11 bits per heavy atom. The third kappa shape index (κ3) is 1.95. The van der Waals surface area contributed by atoms with Crippen molar-refractivity contribution in [3.8, 4) is 0 Å². The van der Waals surface area contributed by atoms with Crippen molar-refractivity contribution < 1.29 is 23.5 Å². The lowest BCUT2D eigenvalue weighted by molar-refractivity contribution is -0.244. The minimum atomic E-state index is -1.22. The number of benzene rings is 1. The minimum Gasteiger partial charge on any atom is -0.871 e. The molecule has 19 heavy (non-hydrogen) atoms. The zero-order valence-electron chi connectivity index (χ0n) is 10.6. The molecule has 1 aliphatic carbocycles. The number of hydrogen-bond acceptors (Lipinski definition) is 3. The van der Waals surface area contributed by atoms with Crippen molar-refractivity contribution in [2.24, 2.45) is 5.41 Å². The lowest BCUT2D eigenvalue weighted by Gasteiger charge is -2.19. The van der Waals surface area contributed by atoms with Crippen LogP contribution < -0.4 is 5.11 Å². The van der Waals surface area contributed by atoms with Crippen molar-refractivity contribution in [1.82, 2.24) is 0 Å². The largest absolute Gasteiger partial charge is 0.871 e. The minimum absolute atomic E-state index is 0.253. The molecule has 0 heterocycles. The van der Waals surface area contributed by atoms with Crippen LogP contribution in [0.3, 0.4) is 0 Å². The Kier molecular flexibility index (Phi) is 2.81. The average molecular weight is 265 g/mol. The molecule has 0 spiro atoms. The standard InChI is InChI=1S/C14H12F2O3/c1-14(2,3)13(19)10-11(17)6-4-8(15)9(16)5-7(6)12(10)18/h4-5,17H,1-3H3/p-1. The third-order valence-electron chi connectivity index (χ3n) is 2.91. The van der Waals surface area contributed by atoms with E-state index in [1.807, 2.05) is 0 Å². The highest BCUT2D eigenvalue weighted by molar-refractivity contribution is 6.34. The number of Topliss-reactive ketones (excluding diaryl/α,β-unsaturated/α-hetero) is 2. The van der Waals surface area contributed by atoms with Gasteiger partial charge in [0.1, 0.15) is 0 Å². The van der Waals surface area contributed by atoms with Crippen LogP contribution in [0.4, 0.5) is 8.78 Å². The van der Waals surface area contributed by atoms with Gasteiger partial charge in [-0.15, -0.1) is 0 Å². The molecule has 0 saturated carbocycles. The van der Waals surface area contributed by atoms with Crippen LogP contribution >= 0.6 is 0 Å². The molecule has 0 radical (unpaired) electrons. The molecule has 1 aromatic carbocycles. The van der Waals surface area contributed by atoms with E-state index in [2.05, 4.69) is 0 Å². The number of carbonyl (C=O) groups is 2. The quantitative estimate of drug-likeness (QED) is 0.728. The van der Waals surface area contributed by atoms with Crippen LogP contribution in [0, 0.1) is 17.0 Å². The van der Waals surface area contributed by atoms with Crippen LogP contribution in [-0.2, 0) is 4.79 Å². The monoisotopic (exact) mass is 265 g/mol. The zero-order chi connectivity index (χ0) is 14.5. The van der Waals surface area contributed by atoms with Gasteiger partial charge < -0.3 is 5.11 Å². The van der Waals surface area contributed by atoms with Gasteiger partial charge in [-0.1, -0.05) is 26.5 Å². The van der Waals surface area contributed by atoms with Gasteiger partial charge in [0.25, 0.3) is 0 Å². The van der Waals surface area contributed by atoms with Crippen LogP contribution in [-0.4, -0.2) is 11.6 Å². The van der Waals surface area contributed by atoms with Crippen molar-refractivity contribution in [3.05, 3.63) is 40.5 Å². The maximum Gasteiger partial charge on any atom is 0.196 e. The Morgan fingerprint density at radius 3 is 2.05 bits per heavy atom. The zero-order valence-corrected chi connectivity index (χ0v) is 10.6. The number of ketones is 2. The van der Waals surface area contributed by atoms with Gasteiger partial charge in [-0.3, -0.25) is 9.59 Å². The number of carbonyl (C=O) groups excluding carboxylic acids is 2. The van der Waals surface area contributed by atoms with Crippen LogP contribution in [0.15, 0.2) is 17.7 Å². The molecule has 0 unspecified atom stereocenters. The Bertz CT molecular complexity index is 637. The van der Waals surface area contributed by atoms with E-state index in [9.17, 15) is 23.5 Å². The molecular formula is C14H11F2O3-. The molecule has 5 heteroatoms. The molecular weight excluding hydrogens is 254 g/mol. The summed E-state index contributed by atoms with van der Waals surface area (Å²) in [4.78, 5) is 24.1. The van der Waals surface area contributed by atoms with Gasteiger partial charge in [0, 0.05) is 11.0 Å². The van der Waals surface area contributed by atoms with Crippen LogP contribution in [0.5, 0.6) is 0 Å². The number of halogens is 2. The first kappa shape index (κ1) is 13.4. The lowest BCUT2D eigenvalue weighted by Crippen LogP contribution is -2.26. The highest BCUT2D eigenvalue weighted by Crippen LogP contribution is 2.34. The molecule has 0 bridgehead atoms. The van der Waals surface area contributed by atoms with Crippen molar-refractivity contribution in [2.75, 3.05) is 0 Å². The van der Waals surface area contributed by atoms with Crippen molar-refractivity contribution in [2.45, 2.75) is 20.8 Å². The summed E-state index contributed by atoms with van der Waals surface area (Å²) in [5, 5.41) is 12.0. The van der Waals surface area contributed by atoms with Gasteiger partial charge in [0.2, 0.25) is 0 Å². The van der Waals surface area contributed by atoms with Gasteiger partial charge in [-0.2, -0.15) is 0 Å². The van der Waals surface area contributed by atoms with Crippen LogP contribution in [0.25, 0.3) is 5.76 Å². The summed E-state index contributed by atoms with van der Waals surface area (Å²) in [6, 6.07) is 1.32. The summed E-state index contributed by atoms with van der Waals surface area (Å²) in [5.41, 5.74) is -1.94. The molecule has 0 N–H and O–H groups in total. The first-order chi connectivity index (χ1) is 8.64. The first-order valence-electron chi connectivity index (χ1n) is 5.65. The van der Waals surface area contributed by atoms with Crippen molar-refractivity contribution >= 4 is 17.3 Å². The van der Waals surface area contributed by atoms with Crippen molar-refractivity contribution in [3.63, 3.8) is 0 Å². The molecule has 0 aliphatic heterocycles. The number of fused-ring (bicyclic) bond motifs is 1. The molecule has 100 valence electrons. The van der Waals surface area contributed by atoms with E-state index < -0.39 is 39.9 Å². The highest BCUT2D eigenvalue weighted by Gasteiger charge is 2.35. The van der Waals surface area contributed by atoms with E-state index in [-0.39, 0.29) is 11.1 Å². The van der Waals surface area contributed by atoms with Crippen molar-refractivity contribution in [1.29, 1.82) is 0 Å². The fourth-order valence-corrected chi connectivity index (χ4v) is 1.88. The smallest absolute Gasteiger partial charge is 0.196 e. The summed E-state index contributed by atoms with van der Waals surface area (Å²) in [5.74, 6) is -4.73. The lowest BCUT2D eigenvalue weighted by atomic mass is 9.85. The highest BCUT2D eigenvalue weighted by atomic mass is 19.2. The van der Waals surface area contributed by atoms with Gasteiger partial charge in [0.05, 0.1) is 5.57 Å². The van der Waals surface area contributed by atoms with E-state index >= 15 is 0 Å². The molecule has 0 saturated heterocycles. The molecule has 2 rings (SSSR count). The summed E-state index contributed by atoms with van der Waals surface area (Å²) in [6.07, 6.45) is 0. The summed E-state index contributed by atoms with van der Waals surface area (Å²) >= 11 is 0. The molecule has 0 fully saturated rings. The summed E-state index contributed by atoms with van der Waals surface area (Å²) < 4.78 is 26.2. The molecule has 3 nitrogen and oxygen atoms in total. The summed E-state index contributed by atoms with van der Waals surface area (Å²) in [7, 11) is 0. The van der Waals surface area contributed by atoms with E-state index in [0.717, 1.165) is 0 Å². The summed E-state index contributed by atoms with van der Waals surface area (Å²) in [6.45, 7) is 4.69. The molecule has 1 aliphatic rings. The van der Waals surface area contributed by atoms with E-state index in [1.165, 1.54) is 0 Å². The molecule has 1 aromatic rings. The Labute approximate surface area is 108 Å². The normalized spacial score (nSPS) is 14.9. The molecule has 0 amide bonds. The number of hydrogen-bond donors (Lipinski definition) is 0. The Morgan fingerprint density at radius 2 is 1.58 bits per heavy atom. The Balaban J connectivity index is 2.63. The second kappa shape index (κ2) is 3.98. The second-order valence-electron chi connectivity index (χ2n) is 5.42. The predicted octanol–water partition coefficient (Wildman–Crippen LogP) is 1.85. The second-order valence-corrected chi connectivity index (χ2v) is 5.42. The predicted molar refractivity (Wildman–Crippen MR) is 62.1 cm³/mol. The maximum absolute atomic E-state index is 13.1. The van der Waals surface area contributed by atoms with Gasteiger partial charge in [-0.05, 0) is 17.7 Å². The van der Waals surface area contributed by atoms with E-state index in [1.54, 1.807) is 20.8 Å². The fraction of sp³-hybridized carbons (Fsp3) is 0.286.